The highest BCUT2D eigenvalue weighted by molar-refractivity contribution is 7.11. The number of nitrogens with one attached hydrogen (secondary N) is 2. The van der Waals surface area contributed by atoms with Crippen molar-refractivity contribution < 1.29 is 23.9 Å². The van der Waals surface area contributed by atoms with Gasteiger partial charge in [0.05, 0.1) is 12.7 Å². The third kappa shape index (κ3) is 6.12. The van der Waals surface area contributed by atoms with E-state index in [4.69, 9.17) is 21.1 Å². The normalized spacial score (nSPS) is 10.5. The smallest absolute Gasteiger partial charge is 0.331 e. The Bertz CT molecular complexity index is 878. The maximum Gasteiger partial charge on any atom is 0.331 e. The zero-order valence-corrected chi connectivity index (χ0v) is 16.1. The van der Waals surface area contributed by atoms with Crippen molar-refractivity contribution in [2.45, 2.75) is 6.92 Å². The van der Waals surface area contributed by atoms with Crippen LogP contribution >= 0.6 is 22.9 Å². The lowest BCUT2D eigenvalue weighted by Gasteiger charge is -2.10. The van der Waals surface area contributed by atoms with E-state index in [0.29, 0.717) is 10.8 Å². The zero-order chi connectivity index (χ0) is 19.8. The van der Waals surface area contributed by atoms with E-state index in [1.54, 1.807) is 12.1 Å². The Labute approximate surface area is 164 Å². The van der Waals surface area contributed by atoms with Crippen LogP contribution in [0.25, 0.3) is 6.08 Å². The molecule has 0 atom stereocenters. The Kier molecular flexibility index (Phi) is 7.39. The number of ether oxygens (including phenoxy) is 2. The standard InChI is InChI=1S/C18H17ClN2O5S/c1-11-7-8-27-15(11)5-6-17(23)26-10-16(22)20-21-18(24)13-9-12(19)3-4-14(13)25-2/h3-9H,10H2,1-2H3,(H,20,22)(H,21,24)/b6-5+. The SMILES string of the molecule is COc1ccc(Cl)cc1C(=O)NNC(=O)COC(=O)/C=C/c1sccc1C. The first-order valence-corrected chi connectivity index (χ1v) is 8.98. The predicted molar refractivity (Wildman–Crippen MR) is 103 cm³/mol. The fraction of sp³-hybridized carbons (Fsp3) is 0.167. The highest BCUT2D eigenvalue weighted by Crippen LogP contribution is 2.22. The van der Waals surface area contributed by atoms with Crippen molar-refractivity contribution in [3.05, 3.63) is 56.7 Å². The van der Waals surface area contributed by atoms with E-state index in [1.807, 2.05) is 18.4 Å². The van der Waals surface area contributed by atoms with Crippen LogP contribution in [0.1, 0.15) is 20.8 Å². The molecule has 0 fully saturated rings. The Morgan fingerprint density at radius 3 is 2.67 bits per heavy atom. The highest BCUT2D eigenvalue weighted by atomic mass is 35.5. The topological polar surface area (TPSA) is 93.7 Å². The van der Waals surface area contributed by atoms with Crippen molar-refractivity contribution in [2.75, 3.05) is 13.7 Å². The summed E-state index contributed by atoms with van der Waals surface area (Å²) in [5, 5.41) is 2.25. The van der Waals surface area contributed by atoms with E-state index in [2.05, 4.69) is 10.9 Å². The molecule has 0 radical (unpaired) electrons. The molecule has 7 nitrogen and oxygen atoms in total. The number of esters is 1. The van der Waals surface area contributed by atoms with Crippen LogP contribution in [-0.2, 0) is 14.3 Å². The average molecular weight is 409 g/mol. The molecular formula is C18H17ClN2O5S. The van der Waals surface area contributed by atoms with Crippen molar-refractivity contribution in [1.29, 1.82) is 0 Å². The van der Waals surface area contributed by atoms with Crippen molar-refractivity contribution in [2.24, 2.45) is 0 Å². The number of hydrogen-bond donors (Lipinski definition) is 2. The number of hydrogen-bond acceptors (Lipinski definition) is 6. The van der Waals surface area contributed by atoms with Crippen molar-refractivity contribution >= 4 is 46.8 Å². The Balaban J connectivity index is 1.80. The number of rotatable bonds is 6. The third-order valence-corrected chi connectivity index (χ3v) is 4.56. The number of halogens is 1. The lowest BCUT2D eigenvalue weighted by Crippen LogP contribution is -2.43. The van der Waals surface area contributed by atoms with Crippen LogP contribution < -0.4 is 15.6 Å². The van der Waals surface area contributed by atoms with Crippen LogP contribution in [-0.4, -0.2) is 31.5 Å². The summed E-state index contributed by atoms with van der Waals surface area (Å²) in [5.74, 6) is -1.69. The largest absolute Gasteiger partial charge is 0.496 e. The van der Waals surface area contributed by atoms with Gasteiger partial charge in [-0.15, -0.1) is 11.3 Å². The average Bonchev–Trinajstić information content (AvgIpc) is 3.07. The number of amides is 2. The van der Waals surface area contributed by atoms with E-state index in [0.717, 1.165) is 10.4 Å². The first-order chi connectivity index (χ1) is 12.9. The summed E-state index contributed by atoms with van der Waals surface area (Å²) in [6.45, 7) is 1.38. The van der Waals surface area contributed by atoms with Gasteiger partial charge in [0.2, 0.25) is 0 Å². The molecule has 1 heterocycles. The predicted octanol–water partition coefficient (Wildman–Crippen LogP) is 2.74. The van der Waals surface area contributed by atoms with E-state index >= 15 is 0 Å². The molecule has 0 saturated heterocycles. The fourth-order valence-electron chi connectivity index (χ4n) is 1.97. The van der Waals surface area contributed by atoms with Gasteiger partial charge in [-0.05, 0) is 48.2 Å². The molecule has 2 aromatic rings. The van der Waals surface area contributed by atoms with E-state index in [1.165, 1.54) is 36.7 Å². The van der Waals surface area contributed by atoms with Gasteiger partial charge in [-0.2, -0.15) is 0 Å². The zero-order valence-electron chi connectivity index (χ0n) is 14.6. The number of methoxy groups -OCH3 is 1. The highest BCUT2D eigenvalue weighted by Gasteiger charge is 2.14. The molecule has 0 aliphatic carbocycles. The summed E-state index contributed by atoms with van der Waals surface area (Å²) in [7, 11) is 1.41. The number of carbonyl (C=O) groups is 3. The van der Waals surface area contributed by atoms with Crippen LogP contribution in [0.15, 0.2) is 35.7 Å². The summed E-state index contributed by atoms with van der Waals surface area (Å²) in [6.07, 6.45) is 2.86. The molecule has 0 bridgehead atoms. The molecule has 2 rings (SSSR count). The van der Waals surface area contributed by atoms with E-state index < -0.39 is 24.4 Å². The second-order valence-electron chi connectivity index (χ2n) is 5.26. The molecule has 0 unspecified atom stereocenters. The molecular weight excluding hydrogens is 392 g/mol. The molecule has 0 aliphatic rings. The molecule has 0 aliphatic heterocycles. The van der Waals surface area contributed by atoms with Crippen LogP contribution in [0.4, 0.5) is 0 Å². The van der Waals surface area contributed by atoms with Gasteiger partial charge in [0.25, 0.3) is 11.8 Å². The molecule has 0 saturated carbocycles. The minimum absolute atomic E-state index is 0.150. The maximum atomic E-state index is 12.1. The van der Waals surface area contributed by atoms with Crippen LogP contribution in [0.5, 0.6) is 5.75 Å². The number of benzene rings is 1. The molecule has 0 spiro atoms. The van der Waals surface area contributed by atoms with Gasteiger partial charge in [0, 0.05) is 16.0 Å². The van der Waals surface area contributed by atoms with E-state index in [-0.39, 0.29) is 5.56 Å². The van der Waals surface area contributed by atoms with Crippen LogP contribution in [0, 0.1) is 6.92 Å². The number of hydrazine groups is 1. The van der Waals surface area contributed by atoms with Gasteiger partial charge in [0.15, 0.2) is 6.61 Å². The van der Waals surface area contributed by atoms with Gasteiger partial charge in [-0.25, -0.2) is 4.79 Å². The molecule has 1 aromatic heterocycles. The quantitative estimate of drug-likeness (QED) is 0.435. The molecule has 1 aromatic carbocycles. The number of aryl methyl sites for hydroxylation is 1. The molecule has 2 N–H and O–H groups in total. The Morgan fingerprint density at radius 2 is 2.00 bits per heavy atom. The summed E-state index contributed by atoms with van der Waals surface area (Å²) in [6, 6.07) is 6.43. The van der Waals surface area contributed by atoms with Crippen molar-refractivity contribution in [3.8, 4) is 5.75 Å². The second-order valence-corrected chi connectivity index (χ2v) is 6.64. The molecule has 9 heteroatoms. The first-order valence-electron chi connectivity index (χ1n) is 7.72. The van der Waals surface area contributed by atoms with Gasteiger partial charge in [-0.1, -0.05) is 11.6 Å². The maximum absolute atomic E-state index is 12.1. The summed E-state index contributed by atoms with van der Waals surface area (Å²) >= 11 is 7.34. The minimum atomic E-state index is -0.696. The third-order valence-electron chi connectivity index (χ3n) is 3.34. The minimum Gasteiger partial charge on any atom is -0.496 e. The van der Waals surface area contributed by atoms with Gasteiger partial charge in [0.1, 0.15) is 5.75 Å². The lowest BCUT2D eigenvalue weighted by molar-refractivity contribution is -0.144. The molecule has 2 amide bonds. The molecule has 27 heavy (non-hydrogen) atoms. The second kappa shape index (κ2) is 9.75. The van der Waals surface area contributed by atoms with Gasteiger partial charge < -0.3 is 9.47 Å². The first kappa shape index (κ1) is 20.5. The summed E-state index contributed by atoms with van der Waals surface area (Å²) < 4.78 is 9.88. The Hall–Kier alpha value is -2.84. The van der Waals surface area contributed by atoms with Crippen molar-refractivity contribution in [3.63, 3.8) is 0 Å². The van der Waals surface area contributed by atoms with Gasteiger partial charge in [-0.3, -0.25) is 20.4 Å². The summed E-state index contributed by atoms with van der Waals surface area (Å²) in [4.78, 5) is 36.4. The number of thiophene rings is 1. The van der Waals surface area contributed by atoms with Crippen LogP contribution in [0.3, 0.4) is 0 Å². The van der Waals surface area contributed by atoms with Crippen molar-refractivity contribution in [1.82, 2.24) is 10.9 Å². The lowest BCUT2D eigenvalue weighted by atomic mass is 10.2. The van der Waals surface area contributed by atoms with E-state index in [9.17, 15) is 14.4 Å². The molecule has 142 valence electrons. The Morgan fingerprint density at radius 1 is 1.22 bits per heavy atom. The number of carbonyl (C=O) groups excluding carboxylic acids is 3. The van der Waals surface area contributed by atoms with Gasteiger partial charge >= 0.3 is 5.97 Å². The summed E-state index contributed by atoms with van der Waals surface area (Å²) in [5.41, 5.74) is 5.54. The fourth-order valence-corrected chi connectivity index (χ4v) is 2.96. The monoisotopic (exact) mass is 408 g/mol. The van der Waals surface area contributed by atoms with Crippen LogP contribution in [0.2, 0.25) is 5.02 Å².